The Hall–Kier alpha value is -5.09. The summed E-state index contributed by atoms with van der Waals surface area (Å²) in [4.78, 5) is 58.7. The van der Waals surface area contributed by atoms with Gasteiger partial charge in [0, 0.05) is 29.7 Å². The number of para-hydroxylation sites is 1. The average molecular weight is 842 g/mol. The monoisotopic (exact) mass is 841 g/mol. The lowest BCUT2D eigenvalue weighted by Crippen LogP contribution is -2.56. The van der Waals surface area contributed by atoms with Crippen LogP contribution in [0.5, 0.6) is 5.75 Å². The summed E-state index contributed by atoms with van der Waals surface area (Å²) in [6, 6.07) is 23.7. The van der Waals surface area contributed by atoms with Crippen molar-refractivity contribution in [2.75, 3.05) is 19.7 Å². The molecule has 2 N–H and O–H groups in total. The molecule has 59 heavy (non-hydrogen) atoms. The van der Waals surface area contributed by atoms with Crippen molar-refractivity contribution in [3.63, 3.8) is 0 Å². The van der Waals surface area contributed by atoms with Crippen molar-refractivity contribution >= 4 is 52.6 Å². The Kier molecular flexibility index (Phi) is 13.1. The Labute approximate surface area is 347 Å². The third-order valence-corrected chi connectivity index (χ3v) is 14.7. The molecule has 0 saturated carbocycles. The van der Waals surface area contributed by atoms with Crippen LogP contribution in [0.25, 0.3) is 10.1 Å². The molecule has 7 rings (SSSR count). The summed E-state index contributed by atoms with van der Waals surface area (Å²) in [7, 11) is -4.45. The zero-order valence-electron chi connectivity index (χ0n) is 33.1. The molecule has 8 atom stereocenters. The van der Waals surface area contributed by atoms with Crippen molar-refractivity contribution < 1.29 is 37.4 Å². The molecule has 0 radical (unpaired) electrons. The first-order valence-electron chi connectivity index (χ1n) is 20.3. The standard InChI is InChI=1S/C44H49FN5O7PS/c1-3-22-56-44(54)28(2)48-58(55,57-34-15-8-5-9-16-34)40(45)30-18-21-38-31(23-30)24-39(59-38)41(51)47-36-17-11-10-14-33-19-20-37(50(33)42(36)52)43(53)49-26-32(25-46)35(27-49)29-12-6-4-7-13-29/h4-9,12-13,15-16,18,21,23-24,28,32-33,35-37,40H,3,10-11,14,17,19-20,22,26-27H2,1-2H3,(H,47,51)(H,48,55)/t28-,32-,33-,35+,36-,37-,40?,58?/m0/s1. The fourth-order valence-electron chi connectivity index (χ4n) is 8.45. The average Bonchev–Trinajstić information content (AvgIpc) is 4.00. The number of rotatable bonds is 13. The number of halogens is 1. The van der Waals surface area contributed by atoms with E-state index >= 15 is 4.39 Å². The van der Waals surface area contributed by atoms with Gasteiger partial charge in [-0.25, -0.2) is 9.48 Å². The molecule has 12 nitrogen and oxygen atoms in total. The molecule has 4 aromatic rings. The van der Waals surface area contributed by atoms with E-state index in [4.69, 9.17) is 9.26 Å². The molecule has 3 aliphatic rings. The van der Waals surface area contributed by atoms with E-state index in [9.17, 15) is 29.0 Å². The zero-order valence-corrected chi connectivity index (χ0v) is 34.8. The van der Waals surface area contributed by atoms with Crippen LogP contribution in [0.3, 0.4) is 0 Å². The molecule has 4 heterocycles. The number of fused-ring (bicyclic) bond motifs is 2. The van der Waals surface area contributed by atoms with E-state index in [2.05, 4.69) is 16.5 Å². The number of carbonyl (C=O) groups is 4. The second kappa shape index (κ2) is 18.4. The van der Waals surface area contributed by atoms with E-state index in [0.717, 1.165) is 24.8 Å². The van der Waals surface area contributed by atoms with Crippen molar-refractivity contribution in [1.29, 1.82) is 5.26 Å². The van der Waals surface area contributed by atoms with Crippen LogP contribution in [0.15, 0.2) is 84.9 Å². The molecule has 0 aliphatic carbocycles. The highest BCUT2D eigenvalue weighted by Crippen LogP contribution is 2.58. The molecular weight excluding hydrogens is 793 g/mol. The van der Waals surface area contributed by atoms with E-state index in [1.54, 1.807) is 40.1 Å². The Morgan fingerprint density at radius 2 is 1.71 bits per heavy atom. The highest BCUT2D eigenvalue weighted by atomic mass is 32.1. The Morgan fingerprint density at radius 1 is 0.983 bits per heavy atom. The van der Waals surface area contributed by atoms with Crippen molar-refractivity contribution in [2.45, 2.75) is 94.8 Å². The molecule has 0 bridgehead atoms. The summed E-state index contributed by atoms with van der Waals surface area (Å²) < 4.78 is 42.4. The van der Waals surface area contributed by atoms with Crippen LogP contribution in [-0.4, -0.2) is 77.4 Å². The third kappa shape index (κ3) is 9.23. The van der Waals surface area contributed by atoms with Gasteiger partial charge in [-0.05, 0) is 85.9 Å². The number of hydrogen-bond acceptors (Lipinski definition) is 9. The number of esters is 1. The molecule has 3 saturated heterocycles. The maximum absolute atomic E-state index is 16.5. The topological polar surface area (TPSA) is 158 Å². The van der Waals surface area contributed by atoms with Gasteiger partial charge < -0.3 is 24.4 Å². The molecule has 15 heteroatoms. The second-order valence-electron chi connectivity index (χ2n) is 15.6. The molecule has 3 aliphatic heterocycles. The number of thiophene rings is 1. The lowest BCUT2D eigenvalue weighted by Gasteiger charge is -2.36. The highest BCUT2D eigenvalue weighted by molar-refractivity contribution is 7.57. The number of hydrogen-bond donors (Lipinski definition) is 2. The Bertz CT molecular complexity index is 2250. The molecule has 2 unspecified atom stereocenters. The van der Waals surface area contributed by atoms with Gasteiger partial charge in [-0.2, -0.15) is 5.26 Å². The molecular formula is C44H49FN5O7PS. The van der Waals surface area contributed by atoms with Crippen molar-refractivity contribution in [3.8, 4) is 11.8 Å². The number of nitrogens with one attached hydrogen (secondary N) is 2. The van der Waals surface area contributed by atoms with Crippen LogP contribution in [-0.2, 0) is 23.7 Å². The number of likely N-dealkylation sites (tertiary alicyclic amines) is 1. The minimum absolute atomic E-state index is 0.0170. The Morgan fingerprint density at radius 3 is 2.44 bits per heavy atom. The lowest BCUT2D eigenvalue weighted by atomic mass is 9.90. The summed E-state index contributed by atoms with van der Waals surface area (Å²) in [5.41, 5.74) is 1.03. The van der Waals surface area contributed by atoms with E-state index in [0.29, 0.717) is 53.7 Å². The number of nitrogens with zero attached hydrogens (tertiary/aromatic N) is 3. The van der Waals surface area contributed by atoms with Gasteiger partial charge in [0.25, 0.3) is 5.91 Å². The number of amides is 3. The van der Waals surface area contributed by atoms with Crippen molar-refractivity contribution in [2.24, 2.45) is 5.92 Å². The molecule has 1 aromatic heterocycles. The summed E-state index contributed by atoms with van der Waals surface area (Å²) in [6.07, 6.45) is 4.57. The van der Waals surface area contributed by atoms with Gasteiger partial charge in [-0.1, -0.05) is 74.4 Å². The minimum atomic E-state index is -4.45. The number of benzene rings is 3. The van der Waals surface area contributed by atoms with E-state index in [1.165, 1.54) is 42.5 Å². The maximum atomic E-state index is 16.5. The van der Waals surface area contributed by atoms with Crippen LogP contribution in [0.4, 0.5) is 4.39 Å². The summed E-state index contributed by atoms with van der Waals surface area (Å²) in [6.45, 7) is 4.13. The van der Waals surface area contributed by atoms with Crippen LogP contribution in [0, 0.1) is 17.2 Å². The molecule has 0 spiro atoms. The predicted octanol–water partition coefficient (Wildman–Crippen LogP) is 7.87. The first kappa shape index (κ1) is 42.0. The van der Waals surface area contributed by atoms with Gasteiger partial charge in [0.05, 0.1) is 23.5 Å². The molecule has 310 valence electrons. The first-order chi connectivity index (χ1) is 28.5. The Balaban J connectivity index is 1.07. The fraction of sp³-hybridized carbons (Fsp3) is 0.432. The summed E-state index contributed by atoms with van der Waals surface area (Å²) in [5.74, 6) is -4.11. The van der Waals surface area contributed by atoms with E-state index in [-0.39, 0.29) is 47.6 Å². The summed E-state index contributed by atoms with van der Waals surface area (Å²) >= 11 is 1.18. The smallest absolute Gasteiger partial charge is 0.355 e. The van der Waals surface area contributed by atoms with Gasteiger partial charge in [-0.15, -0.1) is 11.3 Å². The molecule has 3 fully saturated rings. The van der Waals surface area contributed by atoms with Gasteiger partial charge in [0.2, 0.25) is 17.7 Å². The van der Waals surface area contributed by atoms with Crippen LogP contribution in [0.1, 0.15) is 91.4 Å². The van der Waals surface area contributed by atoms with E-state index in [1.807, 2.05) is 37.3 Å². The number of alkyl halides is 1. The number of carbonyl (C=O) groups excluding carboxylic acids is 4. The predicted molar refractivity (Wildman–Crippen MR) is 222 cm³/mol. The van der Waals surface area contributed by atoms with Gasteiger partial charge in [0.15, 0.2) is 0 Å². The van der Waals surface area contributed by atoms with Crippen LogP contribution in [0.2, 0.25) is 0 Å². The number of ether oxygens (including phenoxy) is 1. The normalized spacial score (nSPS) is 23.9. The van der Waals surface area contributed by atoms with Gasteiger partial charge in [0.1, 0.15) is 23.9 Å². The second-order valence-corrected chi connectivity index (χ2v) is 18.7. The maximum Gasteiger partial charge on any atom is 0.355 e. The minimum Gasteiger partial charge on any atom is -0.465 e. The fourth-order valence-corrected chi connectivity index (χ4v) is 11.3. The number of nitriles is 1. The SMILES string of the molecule is CCCOC(=O)[C@H](C)NP(=O)(Oc1ccccc1)C(F)c1ccc2sc(C(=O)N[C@H]3CCCC[C@H]4CC[C@@H](C(=O)N5C[C@H](c6ccccc6)[C@@H](C#N)C5)N4C3=O)cc2c1. The van der Waals surface area contributed by atoms with Crippen molar-refractivity contribution in [3.05, 3.63) is 101 Å². The zero-order chi connectivity index (χ0) is 41.7. The van der Waals surface area contributed by atoms with Gasteiger partial charge >= 0.3 is 13.5 Å². The van der Waals surface area contributed by atoms with Crippen molar-refractivity contribution in [1.82, 2.24) is 20.2 Å². The van der Waals surface area contributed by atoms with Crippen LogP contribution >= 0.6 is 18.9 Å². The largest absolute Gasteiger partial charge is 0.465 e. The quantitative estimate of drug-likeness (QED) is 0.101. The van der Waals surface area contributed by atoms with E-state index < -0.39 is 43.4 Å². The molecule has 3 amide bonds. The van der Waals surface area contributed by atoms with Crippen LogP contribution < -0.4 is 14.9 Å². The third-order valence-electron chi connectivity index (χ3n) is 11.4. The van der Waals surface area contributed by atoms with Gasteiger partial charge in [-0.3, -0.25) is 23.7 Å². The highest BCUT2D eigenvalue weighted by Gasteiger charge is 2.47. The first-order valence-corrected chi connectivity index (χ1v) is 22.8. The molecule has 3 aromatic carbocycles. The summed E-state index contributed by atoms with van der Waals surface area (Å²) in [5, 5.41) is 16.0. The lowest BCUT2D eigenvalue weighted by molar-refractivity contribution is -0.146.